The minimum atomic E-state index is -1.71. The second-order valence-corrected chi connectivity index (χ2v) is 21.9. The summed E-state index contributed by atoms with van der Waals surface area (Å²) in [5.74, 6) is -0.390. The molecule has 11 atom stereocenters. The van der Waals surface area contributed by atoms with Crippen LogP contribution >= 0.6 is 0 Å². The molecular weight excluding hydrogens is 1000 g/mol. The molecule has 14 nitrogen and oxygen atoms in total. The molecule has 2 heterocycles. The van der Waals surface area contributed by atoms with Crippen LogP contribution in [0, 0.1) is 0 Å². The molecule has 2 fully saturated rings. The van der Waals surface area contributed by atoms with Gasteiger partial charge in [-0.1, -0.05) is 209 Å². The molecule has 0 aromatic heterocycles. The normalized spacial score (nSPS) is 24.5. The second kappa shape index (κ2) is 51.1. The Labute approximate surface area is 478 Å². The largest absolute Gasteiger partial charge is 0.457 e. The minimum Gasteiger partial charge on any atom is -0.457 e. The van der Waals surface area contributed by atoms with Crippen molar-refractivity contribution >= 4 is 5.97 Å². The molecule has 0 bridgehead atoms. The van der Waals surface area contributed by atoms with Gasteiger partial charge < -0.3 is 64.2 Å². The van der Waals surface area contributed by atoms with Gasteiger partial charge >= 0.3 is 5.97 Å². The zero-order valence-electron chi connectivity index (χ0n) is 49.3. The quantitative estimate of drug-likeness (QED) is 0.0172. The van der Waals surface area contributed by atoms with Crippen LogP contribution in [0.1, 0.15) is 232 Å². The average molecular weight is 1120 g/mol. The van der Waals surface area contributed by atoms with Crippen LogP contribution in [0.3, 0.4) is 0 Å². The lowest BCUT2D eigenvalue weighted by atomic mass is 9.98. The summed E-state index contributed by atoms with van der Waals surface area (Å²) >= 11 is 0. The zero-order chi connectivity index (χ0) is 57.2. The van der Waals surface area contributed by atoms with E-state index in [-0.39, 0.29) is 25.6 Å². The highest BCUT2D eigenvalue weighted by Crippen LogP contribution is 2.27. The second-order valence-electron chi connectivity index (χ2n) is 21.9. The molecule has 0 aliphatic carbocycles. The molecule has 2 rings (SSSR count). The average Bonchev–Trinajstić information content (AvgIpc) is 3.46. The lowest BCUT2D eigenvalue weighted by Crippen LogP contribution is -2.61. The van der Waals surface area contributed by atoms with Crippen molar-refractivity contribution in [2.75, 3.05) is 33.0 Å². The van der Waals surface area contributed by atoms with Gasteiger partial charge in [0.1, 0.15) is 54.9 Å². The van der Waals surface area contributed by atoms with Gasteiger partial charge in [0.05, 0.1) is 26.4 Å². The molecule has 79 heavy (non-hydrogen) atoms. The van der Waals surface area contributed by atoms with Gasteiger partial charge in [0, 0.05) is 13.0 Å². The number of hydrogen-bond donors (Lipinski definition) is 7. The van der Waals surface area contributed by atoms with Crippen molar-refractivity contribution in [2.45, 2.75) is 300 Å². The maximum Gasteiger partial charge on any atom is 0.306 e. The number of carbonyl (C=O) groups is 1. The van der Waals surface area contributed by atoms with E-state index in [2.05, 4.69) is 86.8 Å². The Morgan fingerprint density at radius 2 is 0.785 bits per heavy atom. The Hall–Kier alpha value is -2.57. The SMILES string of the molecule is CCCCC/C=C\C/C=C\C/C=C\CCCCCCCCC(=O)OC(COCCCCCCCCCCCCC/C=C\C/C=C\C/C=C\CCCCCCC)COC1OC(COC2OC(CO)C(O)C(O)C2O)C(O)C(O)C1O. The Kier molecular flexibility index (Phi) is 46.9. The fourth-order valence-corrected chi connectivity index (χ4v) is 9.59. The molecule has 458 valence electrons. The molecule has 0 radical (unpaired) electrons. The van der Waals surface area contributed by atoms with E-state index >= 15 is 0 Å². The molecule has 7 N–H and O–H groups in total. The molecule has 11 unspecified atom stereocenters. The van der Waals surface area contributed by atoms with Gasteiger partial charge in [-0.05, 0) is 89.9 Å². The molecule has 0 spiro atoms. The summed E-state index contributed by atoms with van der Waals surface area (Å²) in [5.41, 5.74) is 0. The highest BCUT2D eigenvalue weighted by Gasteiger charge is 2.47. The van der Waals surface area contributed by atoms with Gasteiger partial charge in [0.25, 0.3) is 0 Å². The van der Waals surface area contributed by atoms with Gasteiger partial charge in [-0.3, -0.25) is 4.79 Å². The van der Waals surface area contributed by atoms with Crippen molar-refractivity contribution in [3.8, 4) is 0 Å². The third-order valence-electron chi connectivity index (χ3n) is 14.7. The highest BCUT2D eigenvalue weighted by atomic mass is 16.7. The Bertz CT molecular complexity index is 1580. The summed E-state index contributed by atoms with van der Waals surface area (Å²) in [6.45, 7) is 3.64. The summed E-state index contributed by atoms with van der Waals surface area (Å²) in [6.07, 6.45) is 49.6. The van der Waals surface area contributed by atoms with E-state index < -0.39 is 80.7 Å². The van der Waals surface area contributed by atoms with Crippen molar-refractivity contribution in [1.82, 2.24) is 0 Å². The van der Waals surface area contributed by atoms with Crippen LogP contribution in [-0.4, -0.2) is 142 Å². The first-order valence-electron chi connectivity index (χ1n) is 31.5. The van der Waals surface area contributed by atoms with E-state index in [1.807, 2.05) is 0 Å². The molecule has 0 aromatic rings. The lowest BCUT2D eigenvalue weighted by molar-refractivity contribution is -0.332. The fraction of sp³-hybridized carbons (Fsp3) is 0.800. The molecule has 2 aliphatic heterocycles. The number of aliphatic hydroxyl groups is 7. The Morgan fingerprint density at radius 3 is 1.25 bits per heavy atom. The number of carbonyl (C=O) groups excluding carboxylic acids is 1. The van der Waals surface area contributed by atoms with E-state index in [1.54, 1.807) is 0 Å². The molecular formula is C65H114O14. The van der Waals surface area contributed by atoms with Crippen LogP contribution in [0.4, 0.5) is 0 Å². The van der Waals surface area contributed by atoms with Crippen LogP contribution in [0.5, 0.6) is 0 Å². The lowest BCUT2D eigenvalue weighted by Gasteiger charge is -2.42. The minimum absolute atomic E-state index is 0.0513. The van der Waals surface area contributed by atoms with Crippen molar-refractivity contribution in [2.24, 2.45) is 0 Å². The summed E-state index contributed by atoms with van der Waals surface area (Å²) in [7, 11) is 0. The maximum absolute atomic E-state index is 13.1. The van der Waals surface area contributed by atoms with Gasteiger partial charge in [0.2, 0.25) is 0 Å². The van der Waals surface area contributed by atoms with Crippen molar-refractivity contribution in [1.29, 1.82) is 0 Å². The van der Waals surface area contributed by atoms with Crippen LogP contribution in [0.25, 0.3) is 0 Å². The molecule has 2 aliphatic rings. The molecule has 2 saturated heterocycles. The van der Waals surface area contributed by atoms with Crippen molar-refractivity contribution in [3.63, 3.8) is 0 Å². The highest BCUT2D eigenvalue weighted by molar-refractivity contribution is 5.69. The van der Waals surface area contributed by atoms with E-state index in [0.717, 1.165) is 83.5 Å². The first-order chi connectivity index (χ1) is 38.6. The Morgan fingerprint density at radius 1 is 0.418 bits per heavy atom. The summed E-state index contributed by atoms with van der Waals surface area (Å²) in [6, 6.07) is 0. The Balaban J connectivity index is 1.69. The topological polar surface area (TPSA) is 214 Å². The number of unbranched alkanes of at least 4 members (excludes halogenated alkanes) is 25. The molecule has 0 saturated carbocycles. The van der Waals surface area contributed by atoms with E-state index in [9.17, 15) is 40.5 Å². The molecule has 14 heteroatoms. The molecule has 0 amide bonds. The third-order valence-corrected chi connectivity index (χ3v) is 14.7. The van der Waals surface area contributed by atoms with Gasteiger partial charge in [-0.25, -0.2) is 0 Å². The number of allylic oxidation sites excluding steroid dienone is 12. The maximum atomic E-state index is 13.1. The fourth-order valence-electron chi connectivity index (χ4n) is 9.59. The summed E-state index contributed by atoms with van der Waals surface area (Å²) in [4.78, 5) is 13.1. The van der Waals surface area contributed by atoms with E-state index in [4.69, 9.17) is 28.4 Å². The van der Waals surface area contributed by atoms with Crippen LogP contribution in [0.2, 0.25) is 0 Å². The van der Waals surface area contributed by atoms with Crippen LogP contribution < -0.4 is 0 Å². The summed E-state index contributed by atoms with van der Waals surface area (Å²) < 4.78 is 34.4. The van der Waals surface area contributed by atoms with Crippen molar-refractivity contribution in [3.05, 3.63) is 72.9 Å². The van der Waals surface area contributed by atoms with Gasteiger partial charge in [-0.15, -0.1) is 0 Å². The summed E-state index contributed by atoms with van der Waals surface area (Å²) in [5, 5.41) is 72.5. The smallest absolute Gasteiger partial charge is 0.306 e. The number of rotatable bonds is 51. The standard InChI is InChI=1S/C65H114O14/c1-3-5-7-9-11-13-15-17-19-21-23-24-25-26-27-28-29-31-33-35-37-39-41-43-45-47-49-74-51-54(77-57(67)48-46-44-42-40-38-36-34-32-30-22-20-18-16-14-12-10-8-6-4-2)52-75-64-63(73)61(71)59(69)56(79-64)53-76-65-62(72)60(70)58(68)55(50-66)78-65/h12,14-15,17-18,20-21,23,25-26,30,32,54-56,58-66,68-73H,3-11,13,16,19,22,24,27-29,31,33-53H2,1-2H3/b14-12-,17-15-,20-18-,23-21-,26-25-,32-30-. The van der Waals surface area contributed by atoms with Gasteiger partial charge in [0.15, 0.2) is 12.6 Å². The predicted octanol–water partition coefficient (Wildman–Crippen LogP) is 12.2. The first-order valence-corrected chi connectivity index (χ1v) is 31.5. The van der Waals surface area contributed by atoms with E-state index in [1.165, 1.54) is 122 Å². The molecule has 0 aromatic carbocycles. The number of esters is 1. The first kappa shape index (κ1) is 72.5. The monoisotopic (exact) mass is 1120 g/mol. The predicted molar refractivity (Wildman–Crippen MR) is 316 cm³/mol. The zero-order valence-corrected chi connectivity index (χ0v) is 49.3. The van der Waals surface area contributed by atoms with Crippen molar-refractivity contribution < 1.29 is 69.0 Å². The van der Waals surface area contributed by atoms with Gasteiger partial charge in [-0.2, -0.15) is 0 Å². The number of aliphatic hydroxyl groups excluding tert-OH is 7. The number of ether oxygens (including phenoxy) is 6. The van der Waals surface area contributed by atoms with Crippen LogP contribution in [0.15, 0.2) is 72.9 Å². The third kappa shape index (κ3) is 37.3. The number of hydrogen-bond acceptors (Lipinski definition) is 14. The van der Waals surface area contributed by atoms with Crippen LogP contribution in [-0.2, 0) is 33.2 Å². The van der Waals surface area contributed by atoms with E-state index in [0.29, 0.717) is 13.0 Å².